The van der Waals surface area contributed by atoms with Crippen LogP contribution in [-0.4, -0.2) is 18.4 Å². The van der Waals surface area contributed by atoms with E-state index in [9.17, 15) is 9.59 Å². The monoisotopic (exact) mass is 338 g/mol. The number of ether oxygens (including phenoxy) is 1. The second kappa shape index (κ2) is 9.77. The third kappa shape index (κ3) is 5.86. The van der Waals surface area contributed by atoms with Crippen molar-refractivity contribution in [3.05, 3.63) is 59.7 Å². The average Bonchev–Trinajstić information content (AvgIpc) is 2.63. The fraction of sp³-hybridized carbons (Fsp3) is 0.364. The van der Waals surface area contributed by atoms with Gasteiger partial charge in [-0.3, -0.25) is 9.59 Å². The maximum absolute atomic E-state index is 12.2. The number of ketones is 1. The molecule has 0 heterocycles. The van der Waals surface area contributed by atoms with Crippen molar-refractivity contribution in [1.82, 2.24) is 0 Å². The minimum atomic E-state index is -0.239. The molecule has 0 aliphatic heterocycles. The highest BCUT2D eigenvalue weighted by molar-refractivity contribution is 5.96. The van der Waals surface area contributed by atoms with E-state index >= 15 is 0 Å². The molecular formula is C22H26O3. The minimum absolute atomic E-state index is 0.0640. The van der Waals surface area contributed by atoms with Crippen LogP contribution in [0.25, 0.3) is 11.1 Å². The van der Waals surface area contributed by atoms with E-state index in [0.717, 1.165) is 24.0 Å². The fourth-order valence-corrected chi connectivity index (χ4v) is 2.77. The molecule has 2 rings (SSSR count). The zero-order chi connectivity index (χ0) is 18.1. The summed E-state index contributed by atoms with van der Waals surface area (Å²) in [5.74, 6) is -0.175. The van der Waals surface area contributed by atoms with Crippen LogP contribution in [0.4, 0.5) is 0 Å². The van der Waals surface area contributed by atoms with Gasteiger partial charge in [-0.15, -0.1) is 0 Å². The lowest BCUT2D eigenvalue weighted by molar-refractivity contribution is -0.143. The Morgan fingerprint density at radius 1 is 0.840 bits per heavy atom. The lowest BCUT2D eigenvalue weighted by atomic mass is 9.99. The van der Waals surface area contributed by atoms with Crippen molar-refractivity contribution in [3.8, 4) is 11.1 Å². The highest BCUT2D eigenvalue weighted by Gasteiger charge is 2.08. The number of hydrogen-bond donors (Lipinski definition) is 0. The molecule has 0 aliphatic carbocycles. The van der Waals surface area contributed by atoms with E-state index in [4.69, 9.17) is 4.74 Å². The molecule has 0 unspecified atom stereocenters. The van der Waals surface area contributed by atoms with E-state index < -0.39 is 0 Å². The van der Waals surface area contributed by atoms with Gasteiger partial charge in [-0.05, 0) is 36.5 Å². The molecule has 0 saturated heterocycles. The Bertz CT molecular complexity index is 684. The molecule has 3 nitrogen and oxygen atoms in total. The van der Waals surface area contributed by atoms with Gasteiger partial charge in [0.05, 0.1) is 6.61 Å². The molecule has 0 spiro atoms. The Kier molecular flexibility index (Phi) is 7.39. The van der Waals surface area contributed by atoms with E-state index in [1.165, 1.54) is 5.56 Å². The number of carbonyl (C=O) groups excluding carboxylic acids is 2. The van der Waals surface area contributed by atoms with Gasteiger partial charge in [0, 0.05) is 18.4 Å². The second-order valence-corrected chi connectivity index (χ2v) is 6.11. The van der Waals surface area contributed by atoms with E-state index in [-0.39, 0.29) is 11.8 Å². The van der Waals surface area contributed by atoms with Gasteiger partial charge in [0.2, 0.25) is 0 Å². The smallest absolute Gasteiger partial charge is 0.305 e. The molecule has 2 aromatic carbocycles. The van der Waals surface area contributed by atoms with Gasteiger partial charge < -0.3 is 4.74 Å². The molecule has 0 radical (unpaired) electrons. The van der Waals surface area contributed by atoms with Crippen molar-refractivity contribution in [2.75, 3.05) is 6.61 Å². The molecular weight excluding hydrogens is 312 g/mol. The van der Waals surface area contributed by atoms with Crippen molar-refractivity contribution in [2.45, 2.75) is 46.0 Å². The van der Waals surface area contributed by atoms with E-state index in [0.29, 0.717) is 31.4 Å². The summed E-state index contributed by atoms with van der Waals surface area (Å²) in [6.45, 7) is 4.34. The number of carbonyl (C=O) groups is 2. The highest BCUT2D eigenvalue weighted by atomic mass is 16.5. The summed E-state index contributed by atoms with van der Waals surface area (Å²) in [5, 5.41) is 0. The largest absolute Gasteiger partial charge is 0.466 e. The lowest BCUT2D eigenvalue weighted by Gasteiger charge is -2.06. The fourth-order valence-electron chi connectivity index (χ4n) is 2.77. The first kappa shape index (κ1) is 18.9. The van der Waals surface area contributed by atoms with Crippen molar-refractivity contribution in [2.24, 2.45) is 0 Å². The van der Waals surface area contributed by atoms with Crippen molar-refractivity contribution in [1.29, 1.82) is 0 Å². The van der Waals surface area contributed by atoms with Gasteiger partial charge in [-0.25, -0.2) is 0 Å². The van der Waals surface area contributed by atoms with Gasteiger partial charge in [0.1, 0.15) is 0 Å². The number of hydrogen-bond acceptors (Lipinski definition) is 3. The predicted molar refractivity (Wildman–Crippen MR) is 101 cm³/mol. The molecule has 0 bridgehead atoms. The topological polar surface area (TPSA) is 43.4 Å². The van der Waals surface area contributed by atoms with Gasteiger partial charge in [-0.2, -0.15) is 0 Å². The first-order chi connectivity index (χ1) is 12.1. The maximum atomic E-state index is 12.2. The third-order valence-corrected chi connectivity index (χ3v) is 4.12. The average molecular weight is 338 g/mol. The van der Waals surface area contributed by atoms with Gasteiger partial charge in [0.25, 0.3) is 0 Å². The Morgan fingerprint density at radius 2 is 1.44 bits per heavy atom. The Hall–Kier alpha value is -2.42. The van der Waals surface area contributed by atoms with Crippen molar-refractivity contribution >= 4 is 11.8 Å². The number of Topliss-reactive ketones (excluding diaryl/α,β-unsaturated/α-hetero) is 1. The van der Waals surface area contributed by atoms with Crippen LogP contribution in [0.5, 0.6) is 0 Å². The van der Waals surface area contributed by atoms with Crippen LogP contribution in [0.1, 0.15) is 55.5 Å². The van der Waals surface area contributed by atoms with Crippen molar-refractivity contribution in [3.63, 3.8) is 0 Å². The van der Waals surface area contributed by atoms with E-state index in [1.54, 1.807) is 6.92 Å². The van der Waals surface area contributed by atoms with Gasteiger partial charge in [-0.1, -0.05) is 61.9 Å². The normalized spacial score (nSPS) is 10.5. The Morgan fingerprint density at radius 3 is 2.00 bits per heavy atom. The molecule has 25 heavy (non-hydrogen) atoms. The standard InChI is InChI=1S/C22H26O3/c1-3-6-17-9-11-18(12-10-17)19-13-15-20(16-14-19)21(23)7-5-8-22(24)25-4-2/h9-16H,3-8H2,1-2H3. The van der Waals surface area contributed by atoms with Crippen LogP contribution in [0, 0.1) is 0 Å². The number of aryl methyl sites for hydroxylation is 1. The van der Waals surface area contributed by atoms with Gasteiger partial charge in [0.15, 0.2) is 5.78 Å². The van der Waals surface area contributed by atoms with Gasteiger partial charge >= 0.3 is 5.97 Å². The van der Waals surface area contributed by atoms with Crippen molar-refractivity contribution < 1.29 is 14.3 Å². The quantitative estimate of drug-likeness (QED) is 0.465. The van der Waals surface area contributed by atoms with Crippen LogP contribution in [0.3, 0.4) is 0 Å². The summed E-state index contributed by atoms with van der Waals surface area (Å²) in [7, 11) is 0. The summed E-state index contributed by atoms with van der Waals surface area (Å²) >= 11 is 0. The number of rotatable bonds is 9. The van der Waals surface area contributed by atoms with E-state index in [1.807, 2.05) is 24.3 Å². The molecule has 3 heteroatoms. The molecule has 0 aliphatic rings. The van der Waals surface area contributed by atoms with Crippen LogP contribution in [-0.2, 0) is 16.0 Å². The van der Waals surface area contributed by atoms with Crippen LogP contribution in [0.2, 0.25) is 0 Å². The molecule has 0 saturated carbocycles. The lowest BCUT2D eigenvalue weighted by Crippen LogP contribution is -2.05. The molecule has 132 valence electrons. The summed E-state index contributed by atoms with van der Waals surface area (Å²) in [6, 6.07) is 16.3. The summed E-state index contributed by atoms with van der Waals surface area (Å²) in [4.78, 5) is 23.5. The summed E-state index contributed by atoms with van der Waals surface area (Å²) < 4.78 is 4.87. The Balaban J connectivity index is 1.92. The molecule has 0 atom stereocenters. The first-order valence-corrected chi connectivity index (χ1v) is 9.02. The predicted octanol–water partition coefficient (Wildman–Crippen LogP) is 5.22. The maximum Gasteiger partial charge on any atom is 0.305 e. The van der Waals surface area contributed by atoms with Crippen LogP contribution >= 0.6 is 0 Å². The molecule has 2 aromatic rings. The number of benzene rings is 2. The number of esters is 1. The SMILES string of the molecule is CCCc1ccc(-c2ccc(C(=O)CCCC(=O)OCC)cc2)cc1. The zero-order valence-corrected chi connectivity index (χ0v) is 15.1. The first-order valence-electron chi connectivity index (χ1n) is 9.02. The summed E-state index contributed by atoms with van der Waals surface area (Å²) in [5.41, 5.74) is 4.29. The molecule has 0 fully saturated rings. The zero-order valence-electron chi connectivity index (χ0n) is 15.1. The second-order valence-electron chi connectivity index (χ2n) is 6.11. The molecule has 0 aromatic heterocycles. The molecule has 0 amide bonds. The Labute approximate surface area is 150 Å². The minimum Gasteiger partial charge on any atom is -0.466 e. The van der Waals surface area contributed by atoms with Crippen LogP contribution in [0.15, 0.2) is 48.5 Å². The highest BCUT2D eigenvalue weighted by Crippen LogP contribution is 2.21. The van der Waals surface area contributed by atoms with Crippen LogP contribution < -0.4 is 0 Å². The summed E-state index contributed by atoms with van der Waals surface area (Å²) in [6.07, 6.45) is 3.43. The third-order valence-electron chi connectivity index (χ3n) is 4.12. The van der Waals surface area contributed by atoms with E-state index in [2.05, 4.69) is 31.2 Å². The molecule has 0 N–H and O–H groups in total.